The van der Waals surface area contributed by atoms with Crippen LogP contribution in [0, 0.1) is 6.92 Å². The number of rotatable bonds is 2. The molecule has 0 amide bonds. The zero-order valence-electron chi connectivity index (χ0n) is 5.29. The van der Waals surface area contributed by atoms with Gasteiger partial charge in [-0.05, 0) is 0 Å². The summed E-state index contributed by atoms with van der Waals surface area (Å²) in [4.78, 5) is 0. The van der Waals surface area contributed by atoms with Crippen molar-refractivity contribution < 1.29 is 0 Å². The predicted molar refractivity (Wildman–Crippen MR) is 43.7 cm³/mol. The molecule has 0 aromatic heterocycles. The molecule has 0 fully saturated rings. The number of halogens is 2. The van der Waals surface area contributed by atoms with E-state index in [9.17, 15) is 0 Å². The van der Waals surface area contributed by atoms with E-state index in [2.05, 4.69) is 13.8 Å². The maximum atomic E-state index is 4.95. The molecule has 3 heteroatoms. The summed E-state index contributed by atoms with van der Waals surface area (Å²) in [6.07, 6.45) is 3.65. The van der Waals surface area contributed by atoms with Crippen molar-refractivity contribution in [3.8, 4) is 0 Å². The van der Waals surface area contributed by atoms with Crippen LogP contribution in [0.15, 0.2) is 0 Å². The monoisotopic (exact) mass is 211 g/mol. The summed E-state index contributed by atoms with van der Waals surface area (Å²) in [6, 6.07) is 0. The first-order chi connectivity index (χ1) is 3.83. The van der Waals surface area contributed by atoms with Crippen molar-refractivity contribution in [1.82, 2.24) is 0 Å². The van der Waals surface area contributed by atoms with Crippen molar-refractivity contribution in [2.45, 2.75) is 26.2 Å². The van der Waals surface area contributed by atoms with Gasteiger partial charge in [0.25, 0.3) is 0 Å². The van der Waals surface area contributed by atoms with Crippen molar-refractivity contribution in [1.29, 1.82) is 0 Å². The van der Waals surface area contributed by atoms with Gasteiger partial charge in [0, 0.05) is 0 Å². The summed E-state index contributed by atoms with van der Waals surface area (Å²) in [5.74, 6) is 0. The zero-order valence-corrected chi connectivity index (χ0v) is 9.77. The standard InChI is InChI=1S/C5H11.2ClH.Ga.H/c1-3-5-4-2;;;;/h1,3-5H2,2H3;2*1H;;/q;;;+2;/p-2. The fourth-order valence-corrected chi connectivity index (χ4v) is 0.250. The van der Waals surface area contributed by atoms with Gasteiger partial charge in [-0.2, -0.15) is 0 Å². The van der Waals surface area contributed by atoms with E-state index in [0.29, 0.717) is 0 Å². The average molecular weight is 213 g/mol. The van der Waals surface area contributed by atoms with E-state index in [1.54, 1.807) is 0 Å². The molecule has 0 aliphatic rings. The summed E-state index contributed by atoms with van der Waals surface area (Å²) in [7, 11) is 9.90. The summed E-state index contributed by atoms with van der Waals surface area (Å²) in [6.45, 7) is 5.85. The Bertz CT molecular complexity index is 24.4. The van der Waals surface area contributed by atoms with Crippen LogP contribution in [0.2, 0.25) is 0 Å². The van der Waals surface area contributed by atoms with Crippen LogP contribution in [0.1, 0.15) is 26.2 Å². The maximum absolute atomic E-state index is 4.95. The SMILES string of the molecule is [CH2]CCCC.[Cl][GaH][Cl]. The average Bonchev–Trinajstić information content (AvgIpc) is 1.71. The minimum atomic E-state index is -0.931. The van der Waals surface area contributed by atoms with E-state index in [1.165, 1.54) is 12.8 Å². The van der Waals surface area contributed by atoms with Gasteiger partial charge in [-0.3, -0.25) is 0 Å². The Hall–Kier alpha value is 1.22. The number of unbranched alkanes of at least 4 members (excludes halogenated alkanes) is 2. The normalized spacial score (nSPS) is 7.00. The molecule has 49 valence electrons. The first-order valence-electron chi connectivity index (χ1n) is 2.74. The Balaban J connectivity index is 0. The third-order valence-corrected chi connectivity index (χ3v) is 0.604. The van der Waals surface area contributed by atoms with Crippen LogP contribution < -0.4 is 0 Å². The molecule has 0 aliphatic carbocycles. The molecule has 0 spiro atoms. The van der Waals surface area contributed by atoms with E-state index in [-0.39, 0.29) is 0 Å². The Morgan fingerprint density at radius 2 is 1.88 bits per heavy atom. The summed E-state index contributed by atoms with van der Waals surface area (Å²) in [5.41, 5.74) is 0. The van der Waals surface area contributed by atoms with Gasteiger partial charge in [-0.25, -0.2) is 0 Å². The van der Waals surface area contributed by atoms with E-state index < -0.39 is 15.4 Å². The molecular formula is C5H12Cl2Ga. The molecule has 0 unspecified atom stereocenters. The van der Waals surface area contributed by atoms with Crippen molar-refractivity contribution in [2.75, 3.05) is 0 Å². The molecule has 0 atom stereocenters. The van der Waals surface area contributed by atoms with Gasteiger partial charge in [-0.15, -0.1) is 0 Å². The van der Waals surface area contributed by atoms with Crippen molar-refractivity contribution in [2.24, 2.45) is 0 Å². The minimum absolute atomic E-state index is 0.931. The van der Waals surface area contributed by atoms with Crippen LogP contribution in [0.25, 0.3) is 0 Å². The summed E-state index contributed by atoms with van der Waals surface area (Å²) >= 11 is -0.931. The molecule has 0 aliphatic heterocycles. The van der Waals surface area contributed by atoms with Crippen molar-refractivity contribution in [3.63, 3.8) is 0 Å². The van der Waals surface area contributed by atoms with Crippen LogP contribution in [0.4, 0.5) is 0 Å². The zero-order chi connectivity index (χ0) is 6.83. The van der Waals surface area contributed by atoms with E-state index in [0.717, 1.165) is 6.42 Å². The first-order valence-corrected chi connectivity index (χ1v) is 10.5. The number of hydrogen-bond donors (Lipinski definition) is 0. The van der Waals surface area contributed by atoms with Gasteiger partial charge in [0.1, 0.15) is 0 Å². The molecule has 0 rings (SSSR count). The quantitative estimate of drug-likeness (QED) is 0.618. The van der Waals surface area contributed by atoms with Gasteiger partial charge in [0.15, 0.2) is 0 Å². The molecule has 0 saturated carbocycles. The van der Waals surface area contributed by atoms with Gasteiger partial charge in [0.2, 0.25) is 0 Å². The first kappa shape index (κ1) is 11.9. The van der Waals surface area contributed by atoms with Crippen LogP contribution in [0.5, 0.6) is 0 Å². The topological polar surface area (TPSA) is 0 Å². The molecule has 0 nitrogen and oxygen atoms in total. The molecule has 0 saturated heterocycles. The van der Waals surface area contributed by atoms with E-state index in [1.807, 2.05) is 0 Å². The van der Waals surface area contributed by atoms with E-state index >= 15 is 0 Å². The van der Waals surface area contributed by atoms with Gasteiger partial charge < -0.3 is 0 Å². The summed E-state index contributed by atoms with van der Waals surface area (Å²) in [5, 5.41) is 0. The third kappa shape index (κ3) is 27.0. The molecule has 0 aromatic carbocycles. The molecule has 0 heterocycles. The molecule has 8 heavy (non-hydrogen) atoms. The second-order valence-electron chi connectivity index (χ2n) is 1.31. The van der Waals surface area contributed by atoms with Crippen LogP contribution >= 0.6 is 19.3 Å². The number of hydrogen-bond acceptors (Lipinski definition) is 0. The molecule has 0 N–H and O–H groups in total. The second kappa shape index (κ2) is 15.7. The van der Waals surface area contributed by atoms with Gasteiger partial charge in [0.05, 0.1) is 0 Å². The molecule has 0 aromatic rings. The van der Waals surface area contributed by atoms with Crippen molar-refractivity contribution in [3.05, 3.63) is 6.92 Å². The molecule has 1 radical (unpaired) electrons. The Morgan fingerprint density at radius 1 is 1.50 bits per heavy atom. The Kier molecular flexibility index (Phi) is 23.5. The van der Waals surface area contributed by atoms with Gasteiger partial charge in [-0.1, -0.05) is 33.1 Å². The second-order valence-corrected chi connectivity index (χ2v) is 5.93. The Labute approximate surface area is 67.8 Å². The third-order valence-electron chi connectivity index (χ3n) is 0.604. The summed E-state index contributed by atoms with van der Waals surface area (Å²) < 4.78 is 0. The fraction of sp³-hybridized carbons (Fsp3) is 0.800. The Morgan fingerprint density at radius 3 is 1.88 bits per heavy atom. The van der Waals surface area contributed by atoms with Crippen molar-refractivity contribution >= 4 is 34.7 Å². The predicted octanol–water partition coefficient (Wildman–Crippen LogP) is 2.74. The fourth-order valence-electron chi connectivity index (χ4n) is 0.250. The van der Waals surface area contributed by atoms with Crippen LogP contribution in [-0.2, 0) is 0 Å². The van der Waals surface area contributed by atoms with Crippen LogP contribution in [0.3, 0.4) is 0 Å². The van der Waals surface area contributed by atoms with Gasteiger partial charge >= 0.3 is 34.7 Å². The van der Waals surface area contributed by atoms with Crippen LogP contribution in [-0.4, -0.2) is 15.4 Å². The molecular weight excluding hydrogens is 201 g/mol. The van der Waals surface area contributed by atoms with E-state index in [4.69, 9.17) is 19.3 Å². The molecule has 0 bridgehead atoms.